The van der Waals surface area contributed by atoms with Crippen molar-refractivity contribution in [3.05, 3.63) is 11.9 Å². The van der Waals surface area contributed by atoms with Gasteiger partial charge in [0.1, 0.15) is 17.1 Å². The lowest BCUT2D eigenvalue weighted by molar-refractivity contribution is -0.142. The van der Waals surface area contributed by atoms with E-state index in [2.05, 4.69) is 5.10 Å². The first-order valence-corrected chi connectivity index (χ1v) is 7.60. The third-order valence-electron chi connectivity index (χ3n) is 1.99. The van der Waals surface area contributed by atoms with Gasteiger partial charge in [0.25, 0.3) is 9.05 Å². The summed E-state index contributed by atoms with van der Waals surface area (Å²) in [7, 11) is 0.979. The number of halogens is 4. The highest BCUT2D eigenvalue weighted by molar-refractivity contribution is 8.13. The first-order chi connectivity index (χ1) is 8.63. The Morgan fingerprint density at radius 3 is 2.58 bits per heavy atom. The second-order valence-corrected chi connectivity index (χ2v) is 6.28. The SMILES string of the molecule is CCCOCc1nn(CC(F)(F)F)cc1S(=O)(=O)Cl. The Balaban J connectivity index is 2.99. The Morgan fingerprint density at radius 2 is 2.11 bits per heavy atom. The van der Waals surface area contributed by atoms with Crippen molar-refractivity contribution in [1.29, 1.82) is 0 Å². The van der Waals surface area contributed by atoms with Crippen LogP contribution in [0.25, 0.3) is 0 Å². The largest absolute Gasteiger partial charge is 0.408 e. The second-order valence-electron chi connectivity index (χ2n) is 3.74. The fourth-order valence-electron chi connectivity index (χ4n) is 1.32. The van der Waals surface area contributed by atoms with Crippen LogP contribution >= 0.6 is 10.7 Å². The molecule has 110 valence electrons. The summed E-state index contributed by atoms with van der Waals surface area (Å²) in [4.78, 5) is -0.463. The lowest BCUT2D eigenvalue weighted by Gasteiger charge is -2.05. The van der Waals surface area contributed by atoms with Gasteiger partial charge in [-0.3, -0.25) is 4.68 Å². The molecule has 10 heteroatoms. The maximum absolute atomic E-state index is 12.2. The van der Waals surface area contributed by atoms with Crippen molar-refractivity contribution in [2.45, 2.75) is 37.6 Å². The number of rotatable bonds is 6. The Hall–Kier alpha value is -0.800. The van der Waals surface area contributed by atoms with Crippen molar-refractivity contribution in [1.82, 2.24) is 9.78 Å². The molecule has 0 spiro atoms. The highest BCUT2D eigenvalue weighted by Crippen LogP contribution is 2.23. The van der Waals surface area contributed by atoms with E-state index >= 15 is 0 Å². The molecule has 0 bridgehead atoms. The predicted molar refractivity (Wildman–Crippen MR) is 61.3 cm³/mol. The molecule has 0 saturated heterocycles. The molecule has 0 aliphatic heterocycles. The summed E-state index contributed by atoms with van der Waals surface area (Å²) in [5, 5.41) is 3.54. The van der Waals surface area contributed by atoms with Crippen LogP contribution in [0, 0.1) is 0 Å². The van der Waals surface area contributed by atoms with Crippen molar-refractivity contribution in [2.24, 2.45) is 0 Å². The number of aromatic nitrogens is 2. The summed E-state index contributed by atoms with van der Waals surface area (Å²) in [6, 6.07) is 0. The average molecular weight is 321 g/mol. The van der Waals surface area contributed by atoms with E-state index in [4.69, 9.17) is 15.4 Å². The Morgan fingerprint density at radius 1 is 1.47 bits per heavy atom. The van der Waals surface area contributed by atoms with Gasteiger partial charge < -0.3 is 4.74 Å². The monoisotopic (exact) mass is 320 g/mol. The molecular weight excluding hydrogens is 309 g/mol. The zero-order valence-electron chi connectivity index (χ0n) is 9.95. The van der Waals surface area contributed by atoms with Gasteiger partial charge in [-0.15, -0.1) is 0 Å². The van der Waals surface area contributed by atoms with Crippen LogP contribution in [-0.2, 0) is 26.9 Å². The summed E-state index contributed by atoms with van der Waals surface area (Å²) in [6.07, 6.45) is -3.06. The predicted octanol–water partition coefficient (Wildman–Crippen LogP) is 2.30. The maximum atomic E-state index is 12.2. The molecule has 0 fully saturated rings. The number of hydrogen-bond donors (Lipinski definition) is 0. The normalized spacial score (nSPS) is 12.9. The van der Waals surface area contributed by atoms with E-state index in [-0.39, 0.29) is 12.3 Å². The van der Waals surface area contributed by atoms with E-state index in [0.717, 1.165) is 6.20 Å². The zero-order chi connectivity index (χ0) is 14.7. The molecule has 1 rings (SSSR count). The molecule has 0 aromatic carbocycles. The summed E-state index contributed by atoms with van der Waals surface area (Å²) in [5.41, 5.74) is -0.132. The summed E-state index contributed by atoms with van der Waals surface area (Å²) in [6.45, 7) is 0.579. The molecule has 1 heterocycles. The molecule has 0 aliphatic rings. The van der Waals surface area contributed by atoms with Gasteiger partial charge >= 0.3 is 6.18 Å². The van der Waals surface area contributed by atoms with Crippen molar-refractivity contribution in [3.8, 4) is 0 Å². The van der Waals surface area contributed by atoms with Crippen LogP contribution in [0.15, 0.2) is 11.1 Å². The molecule has 0 amide bonds. The lowest BCUT2D eigenvalue weighted by atomic mass is 10.4. The summed E-state index contributed by atoms with van der Waals surface area (Å²) >= 11 is 0. The number of nitrogens with zero attached hydrogens (tertiary/aromatic N) is 2. The van der Waals surface area contributed by atoms with Gasteiger partial charge in [-0.1, -0.05) is 6.92 Å². The molecule has 0 N–H and O–H groups in total. The van der Waals surface area contributed by atoms with E-state index in [9.17, 15) is 21.6 Å². The molecule has 0 atom stereocenters. The van der Waals surface area contributed by atoms with Crippen molar-refractivity contribution in [3.63, 3.8) is 0 Å². The number of hydrogen-bond acceptors (Lipinski definition) is 4. The number of alkyl halides is 3. The van der Waals surface area contributed by atoms with E-state index in [1.165, 1.54) is 0 Å². The minimum Gasteiger partial charge on any atom is -0.375 e. The molecular formula is C9H12ClF3N2O3S. The molecule has 0 saturated carbocycles. The van der Waals surface area contributed by atoms with Gasteiger partial charge in [-0.2, -0.15) is 18.3 Å². The first-order valence-electron chi connectivity index (χ1n) is 5.29. The highest BCUT2D eigenvalue weighted by atomic mass is 35.7. The van der Waals surface area contributed by atoms with Crippen LogP contribution in [0.1, 0.15) is 19.0 Å². The Kier molecular flexibility index (Phi) is 5.22. The summed E-state index contributed by atoms with van der Waals surface area (Å²) in [5.74, 6) is 0. The molecule has 0 aliphatic carbocycles. The minimum atomic E-state index is -4.50. The van der Waals surface area contributed by atoms with E-state index in [1.807, 2.05) is 6.92 Å². The van der Waals surface area contributed by atoms with Gasteiger partial charge in [0.15, 0.2) is 0 Å². The van der Waals surface area contributed by atoms with Crippen LogP contribution in [-0.4, -0.2) is 31.0 Å². The topological polar surface area (TPSA) is 61.2 Å². The third-order valence-corrected chi connectivity index (χ3v) is 3.36. The molecule has 5 nitrogen and oxygen atoms in total. The van der Waals surface area contributed by atoms with Crippen LogP contribution in [0.2, 0.25) is 0 Å². The summed E-state index contributed by atoms with van der Waals surface area (Å²) < 4.78 is 64.7. The highest BCUT2D eigenvalue weighted by Gasteiger charge is 2.30. The van der Waals surface area contributed by atoms with Crippen LogP contribution < -0.4 is 0 Å². The van der Waals surface area contributed by atoms with E-state index in [1.54, 1.807) is 0 Å². The van der Waals surface area contributed by atoms with Gasteiger partial charge in [0.05, 0.1) is 6.61 Å². The number of ether oxygens (including phenoxy) is 1. The zero-order valence-corrected chi connectivity index (χ0v) is 11.5. The van der Waals surface area contributed by atoms with Gasteiger partial charge in [-0.05, 0) is 6.42 Å². The van der Waals surface area contributed by atoms with Crippen molar-refractivity contribution < 1.29 is 26.3 Å². The van der Waals surface area contributed by atoms with Crippen LogP contribution in [0.4, 0.5) is 13.2 Å². The van der Waals surface area contributed by atoms with Crippen molar-refractivity contribution >= 4 is 19.7 Å². The molecule has 19 heavy (non-hydrogen) atoms. The first kappa shape index (κ1) is 16.3. The van der Waals surface area contributed by atoms with E-state index < -0.39 is 26.7 Å². The standard InChI is InChI=1S/C9H12ClF3N2O3S/c1-2-3-18-5-7-8(19(10,16)17)4-15(14-7)6-9(11,12)13/h4H,2-3,5-6H2,1H3. The Labute approximate surface area is 112 Å². The van der Waals surface area contributed by atoms with Gasteiger partial charge in [-0.25, -0.2) is 8.42 Å². The fraction of sp³-hybridized carbons (Fsp3) is 0.667. The minimum absolute atomic E-state index is 0.132. The Bertz CT molecular complexity index is 527. The van der Waals surface area contributed by atoms with Crippen LogP contribution in [0.3, 0.4) is 0 Å². The van der Waals surface area contributed by atoms with Crippen molar-refractivity contribution in [2.75, 3.05) is 6.61 Å². The molecule has 0 radical (unpaired) electrons. The third kappa shape index (κ3) is 5.37. The molecule has 1 aromatic heterocycles. The quantitative estimate of drug-likeness (QED) is 0.596. The van der Waals surface area contributed by atoms with Gasteiger partial charge in [0.2, 0.25) is 0 Å². The van der Waals surface area contributed by atoms with Gasteiger partial charge in [0, 0.05) is 23.5 Å². The second kappa shape index (κ2) is 6.10. The fourth-order valence-corrected chi connectivity index (χ4v) is 2.34. The van der Waals surface area contributed by atoms with E-state index in [0.29, 0.717) is 17.7 Å². The average Bonchev–Trinajstić information content (AvgIpc) is 2.58. The molecule has 1 aromatic rings. The van der Waals surface area contributed by atoms with Crippen LogP contribution in [0.5, 0.6) is 0 Å². The molecule has 0 unspecified atom stereocenters. The maximum Gasteiger partial charge on any atom is 0.408 e. The smallest absolute Gasteiger partial charge is 0.375 e. The lowest BCUT2D eigenvalue weighted by Crippen LogP contribution is -2.18.